The van der Waals surface area contributed by atoms with Crippen LogP contribution in [0.2, 0.25) is 0 Å². The molecule has 28 heavy (non-hydrogen) atoms. The van der Waals surface area contributed by atoms with Crippen molar-refractivity contribution >= 4 is 21.7 Å². The van der Waals surface area contributed by atoms with Gasteiger partial charge in [-0.1, -0.05) is 66.7 Å². The Bertz CT molecular complexity index is 1130. The van der Waals surface area contributed by atoms with Gasteiger partial charge >= 0.3 is 0 Å². The Hall–Kier alpha value is -3.16. The number of anilines is 1. The molecule has 1 N–H and O–H groups in total. The van der Waals surface area contributed by atoms with E-state index in [1.54, 1.807) is 36.4 Å². The highest BCUT2D eigenvalue weighted by molar-refractivity contribution is 7.89. The smallest absolute Gasteiger partial charge is 0.247 e. The summed E-state index contributed by atoms with van der Waals surface area (Å²) in [6.07, 6.45) is -0.880. The van der Waals surface area contributed by atoms with Gasteiger partial charge in [-0.3, -0.25) is 0 Å². The van der Waals surface area contributed by atoms with Gasteiger partial charge in [-0.25, -0.2) is 8.42 Å². The van der Waals surface area contributed by atoms with Crippen molar-refractivity contribution in [2.75, 3.05) is 5.32 Å². The van der Waals surface area contributed by atoms with E-state index in [4.69, 9.17) is 0 Å². The van der Waals surface area contributed by atoms with Crippen molar-refractivity contribution in [2.45, 2.75) is 17.6 Å². The standard InChI is InChI=1S/C21H18N2O4S/c24-21(25)17-11-5-4-10-16(17)20-22-18-12-6-7-13-19(18)28(26,27)23(20)14-15-8-2-1-3-9-15/h1-13,20,22H,14H2,(H,24,25)/p-1/t20-/m0/s1. The monoisotopic (exact) mass is 393 g/mol. The van der Waals surface area contributed by atoms with Crippen molar-refractivity contribution in [2.24, 2.45) is 0 Å². The zero-order chi connectivity index (χ0) is 19.7. The number of aromatic carboxylic acids is 1. The molecular formula is C21H17N2O4S-. The fourth-order valence-corrected chi connectivity index (χ4v) is 5.06. The Morgan fingerprint density at radius 3 is 2.32 bits per heavy atom. The van der Waals surface area contributed by atoms with E-state index in [1.165, 1.54) is 16.4 Å². The van der Waals surface area contributed by atoms with Gasteiger partial charge < -0.3 is 15.2 Å². The van der Waals surface area contributed by atoms with E-state index in [1.807, 2.05) is 30.3 Å². The molecule has 0 radical (unpaired) electrons. The van der Waals surface area contributed by atoms with Gasteiger partial charge in [0.1, 0.15) is 11.1 Å². The number of nitrogens with one attached hydrogen (secondary N) is 1. The van der Waals surface area contributed by atoms with Gasteiger partial charge in [0, 0.05) is 12.1 Å². The van der Waals surface area contributed by atoms with Crippen LogP contribution in [-0.4, -0.2) is 18.7 Å². The van der Waals surface area contributed by atoms with Gasteiger partial charge in [-0.15, -0.1) is 0 Å². The minimum Gasteiger partial charge on any atom is -0.545 e. The lowest BCUT2D eigenvalue weighted by molar-refractivity contribution is -0.255. The second-order valence-corrected chi connectivity index (χ2v) is 8.31. The van der Waals surface area contributed by atoms with Crippen LogP contribution in [0.4, 0.5) is 5.69 Å². The van der Waals surface area contributed by atoms with Crippen LogP contribution >= 0.6 is 0 Å². The minimum atomic E-state index is -3.86. The summed E-state index contributed by atoms with van der Waals surface area (Å²) in [7, 11) is -3.86. The lowest BCUT2D eigenvalue weighted by Gasteiger charge is -2.38. The minimum absolute atomic E-state index is 0.0485. The first-order valence-corrected chi connectivity index (χ1v) is 10.1. The largest absolute Gasteiger partial charge is 0.545 e. The molecule has 3 aromatic carbocycles. The highest BCUT2D eigenvalue weighted by Crippen LogP contribution is 2.39. The van der Waals surface area contributed by atoms with Crippen LogP contribution in [0.15, 0.2) is 83.8 Å². The van der Waals surface area contributed by atoms with Crippen LogP contribution in [0.5, 0.6) is 0 Å². The fraction of sp³-hybridized carbons (Fsp3) is 0.0952. The van der Waals surface area contributed by atoms with Crippen molar-refractivity contribution in [3.63, 3.8) is 0 Å². The van der Waals surface area contributed by atoms with Crippen LogP contribution in [0.1, 0.15) is 27.7 Å². The molecule has 1 aliphatic heterocycles. The zero-order valence-electron chi connectivity index (χ0n) is 14.8. The number of benzene rings is 3. The predicted octanol–water partition coefficient (Wildman–Crippen LogP) is 2.37. The number of carboxylic acids is 1. The molecule has 3 aromatic rings. The first-order valence-electron chi connectivity index (χ1n) is 8.70. The van der Waals surface area contributed by atoms with Crippen molar-refractivity contribution in [3.05, 3.63) is 95.6 Å². The number of carbonyl (C=O) groups excluding carboxylic acids is 1. The summed E-state index contributed by atoms with van der Waals surface area (Å²) in [5, 5.41) is 14.8. The third-order valence-electron chi connectivity index (χ3n) is 4.71. The summed E-state index contributed by atoms with van der Waals surface area (Å²) >= 11 is 0. The highest BCUT2D eigenvalue weighted by atomic mass is 32.2. The number of para-hydroxylation sites is 1. The molecule has 0 spiro atoms. The number of sulfonamides is 1. The van der Waals surface area contributed by atoms with Crippen LogP contribution in [-0.2, 0) is 16.6 Å². The summed E-state index contributed by atoms with van der Waals surface area (Å²) < 4.78 is 28.1. The molecule has 6 nitrogen and oxygen atoms in total. The van der Waals surface area contributed by atoms with Crippen LogP contribution < -0.4 is 10.4 Å². The molecule has 1 atom stereocenters. The number of rotatable bonds is 4. The molecule has 0 saturated carbocycles. The van der Waals surface area contributed by atoms with Crippen molar-refractivity contribution in [3.8, 4) is 0 Å². The number of fused-ring (bicyclic) bond motifs is 1. The molecule has 1 aliphatic rings. The van der Waals surface area contributed by atoms with Gasteiger partial charge in [0.2, 0.25) is 10.0 Å². The molecule has 0 aromatic heterocycles. The summed E-state index contributed by atoms with van der Waals surface area (Å²) in [5.41, 5.74) is 1.51. The maximum atomic E-state index is 13.4. The number of carboxylic acid groups (broad SMARTS) is 1. The molecule has 0 aliphatic carbocycles. The molecule has 0 unspecified atom stereocenters. The summed E-state index contributed by atoms with van der Waals surface area (Å²) in [5.74, 6) is -1.35. The third kappa shape index (κ3) is 3.15. The second-order valence-electron chi connectivity index (χ2n) is 6.45. The molecule has 0 amide bonds. The average Bonchev–Trinajstić information content (AvgIpc) is 2.71. The molecular weight excluding hydrogens is 376 g/mol. The molecule has 4 rings (SSSR count). The third-order valence-corrected chi connectivity index (χ3v) is 6.58. The average molecular weight is 393 g/mol. The first kappa shape index (κ1) is 18.2. The van der Waals surface area contributed by atoms with Crippen molar-refractivity contribution < 1.29 is 18.3 Å². The van der Waals surface area contributed by atoms with E-state index in [0.717, 1.165) is 5.56 Å². The van der Waals surface area contributed by atoms with Crippen molar-refractivity contribution in [1.29, 1.82) is 0 Å². The Kier molecular flexibility index (Phi) is 4.62. The topological polar surface area (TPSA) is 89.5 Å². The maximum Gasteiger partial charge on any atom is 0.247 e. The van der Waals surface area contributed by atoms with Gasteiger partial charge in [-0.2, -0.15) is 4.31 Å². The SMILES string of the molecule is O=C([O-])c1ccccc1[C@H]1Nc2ccccc2S(=O)(=O)N1Cc1ccccc1. The molecule has 0 fully saturated rings. The van der Waals surface area contributed by atoms with Crippen LogP contribution in [0.3, 0.4) is 0 Å². The Balaban J connectivity index is 1.89. The summed E-state index contributed by atoms with van der Waals surface area (Å²) in [6.45, 7) is 0.0938. The number of nitrogens with zero attached hydrogens (tertiary/aromatic N) is 1. The molecule has 1 heterocycles. The van der Waals surface area contributed by atoms with E-state index in [0.29, 0.717) is 11.3 Å². The van der Waals surface area contributed by atoms with E-state index in [-0.39, 0.29) is 17.0 Å². The van der Waals surface area contributed by atoms with E-state index in [9.17, 15) is 18.3 Å². The molecule has 142 valence electrons. The Labute approximate surface area is 163 Å². The number of hydrogen-bond acceptors (Lipinski definition) is 5. The lowest BCUT2D eigenvalue weighted by atomic mass is 10.0. The second kappa shape index (κ2) is 7.10. The van der Waals surface area contributed by atoms with Crippen molar-refractivity contribution in [1.82, 2.24) is 4.31 Å². The van der Waals surface area contributed by atoms with E-state index >= 15 is 0 Å². The predicted molar refractivity (Wildman–Crippen MR) is 103 cm³/mol. The molecule has 0 bridgehead atoms. The van der Waals surface area contributed by atoms with Crippen LogP contribution in [0.25, 0.3) is 0 Å². The summed E-state index contributed by atoms with van der Waals surface area (Å²) in [4.78, 5) is 11.8. The molecule has 0 saturated heterocycles. The highest BCUT2D eigenvalue weighted by Gasteiger charge is 2.39. The number of carbonyl (C=O) groups is 1. The quantitative estimate of drug-likeness (QED) is 0.735. The fourth-order valence-electron chi connectivity index (χ4n) is 3.39. The first-order chi connectivity index (χ1) is 13.5. The van der Waals surface area contributed by atoms with E-state index < -0.39 is 22.2 Å². The number of hydrogen-bond donors (Lipinski definition) is 1. The Morgan fingerprint density at radius 1 is 0.929 bits per heavy atom. The summed E-state index contributed by atoms with van der Waals surface area (Å²) in [6, 6.07) is 22.1. The van der Waals surface area contributed by atoms with Gasteiger partial charge in [-0.05, 0) is 23.3 Å². The lowest BCUT2D eigenvalue weighted by Crippen LogP contribution is -2.43. The normalized spacial score (nSPS) is 18.1. The molecule has 7 heteroatoms. The van der Waals surface area contributed by atoms with Gasteiger partial charge in [0.25, 0.3) is 0 Å². The van der Waals surface area contributed by atoms with E-state index in [2.05, 4.69) is 5.32 Å². The van der Waals surface area contributed by atoms with Gasteiger partial charge in [0.15, 0.2) is 0 Å². The van der Waals surface area contributed by atoms with Gasteiger partial charge in [0.05, 0.1) is 11.7 Å². The zero-order valence-corrected chi connectivity index (χ0v) is 15.6. The van der Waals surface area contributed by atoms with Crippen LogP contribution in [0, 0.1) is 0 Å². The Morgan fingerprint density at radius 2 is 1.57 bits per heavy atom. The maximum absolute atomic E-state index is 13.4.